The van der Waals surface area contributed by atoms with Gasteiger partial charge in [-0.3, -0.25) is 9.89 Å². The van der Waals surface area contributed by atoms with Crippen LogP contribution in [0.2, 0.25) is 0 Å². The van der Waals surface area contributed by atoms with Crippen LogP contribution in [0.4, 0.5) is 11.5 Å². The van der Waals surface area contributed by atoms with E-state index in [1.54, 1.807) is 12.3 Å². The molecule has 0 fully saturated rings. The highest BCUT2D eigenvalue weighted by atomic mass is 16.1. The predicted molar refractivity (Wildman–Crippen MR) is 114 cm³/mol. The van der Waals surface area contributed by atoms with Gasteiger partial charge in [-0.1, -0.05) is 12.1 Å². The summed E-state index contributed by atoms with van der Waals surface area (Å²) in [5.74, 6) is 0.720. The Hall–Kier alpha value is -4.13. The van der Waals surface area contributed by atoms with Crippen LogP contribution in [0.1, 0.15) is 5.56 Å². The Morgan fingerprint density at radius 3 is 2.69 bits per heavy atom. The smallest absolute Gasteiger partial charge is 0.248 e. The molecule has 3 N–H and O–H groups in total. The van der Waals surface area contributed by atoms with Crippen LogP contribution in [0, 0.1) is 6.92 Å². The van der Waals surface area contributed by atoms with Crippen LogP contribution in [0.25, 0.3) is 27.8 Å². The van der Waals surface area contributed by atoms with Crippen LogP contribution in [0.5, 0.6) is 0 Å². The minimum absolute atomic E-state index is 0.0915. The highest BCUT2D eigenvalue weighted by molar-refractivity contribution is 5.86. The van der Waals surface area contributed by atoms with Gasteiger partial charge in [0, 0.05) is 41.1 Å². The van der Waals surface area contributed by atoms with E-state index in [-0.39, 0.29) is 5.56 Å². The van der Waals surface area contributed by atoms with Gasteiger partial charge in [-0.05, 0) is 54.4 Å². The maximum atomic E-state index is 11.6. The van der Waals surface area contributed by atoms with E-state index in [0.717, 1.165) is 44.9 Å². The molecule has 0 amide bonds. The van der Waals surface area contributed by atoms with Crippen LogP contribution < -0.4 is 10.9 Å². The van der Waals surface area contributed by atoms with Gasteiger partial charge < -0.3 is 10.3 Å². The minimum Gasteiger partial charge on any atom is -0.339 e. The zero-order valence-electron chi connectivity index (χ0n) is 15.7. The Kier molecular flexibility index (Phi) is 3.98. The number of pyridine rings is 1. The van der Waals surface area contributed by atoms with Crippen LogP contribution in [-0.2, 0) is 0 Å². The fourth-order valence-corrected chi connectivity index (χ4v) is 3.40. The van der Waals surface area contributed by atoms with Crippen LogP contribution in [0.15, 0.2) is 77.9 Å². The van der Waals surface area contributed by atoms with Crippen molar-refractivity contribution in [1.82, 2.24) is 25.0 Å². The Balaban J connectivity index is 1.39. The summed E-state index contributed by atoms with van der Waals surface area (Å²) < 4.78 is 1.82. The Labute approximate surface area is 166 Å². The number of nitrogens with one attached hydrogen (secondary N) is 3. The molecule has 0 radical (unpaired) electrons. The third-order valence-electron chi connectivity index (χ3n) is 4.85. The third kappa shape index (κ3) is 3.29. The minimum atomic E-state index is -0.0915. The molecule has 0 aliphatic carbocycles. The van der Waals surface area contributed by atoms with Crippen LogP contribution in [0.3, 0.4) is 0 Å². The van der Waals surface area contributed by atoms with Crippen molar-refractivity contribution >= 4 is 22.4 Å². The molecule has 3 aromatic heterocycles. The van der Waals surface area contributed by atoms with Gasteiger partial charge in [0.05, 0.1) is 11.4 Å². The lowest BCUT2D eigenvalue weighted by atomic mass is 10.1. The van der Waals surface area contributed by atoms with Gasteiger partial charge in [0.2, 0.25) is 5.56 Å². The molecule has 3 heterocycles. The number of aromatic nitrogens is 5. The molecule has 2 aromatic carbocycles. The molecule has 0 bridgehead atoms. The number of aryl methyl sites for hydroxylation is 1. The molecular formula is C22H18N6O. The van der Waals surface area contributed by atoms with Gasteiger partial charge >= 0.3 is 0 Å². The number of aromatic amines is 2. The van der Waals surface area contributed by atoms with E-state index >= 15 is 0 Å². The van der Waals surface area contributed by atoms with Gasteiger partial charge in [0.1, 0.15) is 0 Å². The summed E-state index contributed by atoms with van der Waals surface area (Å²) in [7, 11) is 0. The topological polar surface area (TPSA) is 91.4 Å². The highest BCUT2D eigenvalue weighted by Gasteiger charge is 2.07. The molecule has 0 aliphatic rings. The molecule has 142 valence electrons. The number of anilines is 2. The summed E-state index contributed by atoms with van der Waals surface area (Å²) in [5, 5.41) is 16.0. The van der Waals surface area contributed by atoms with Gasteiger partial charge in [0.15, 0.2) is 5.82 Å². The second-order valence-electron chi connectivity index (χ2n) is 6.87. The maximum Gasteiger partial charge on any atom is 0.248 e. The number of hydrogen-bond donors (Lipinski definition) is 3. The van der Waals surface area contributed by atoms with Crippen LogP contribution in [-0.4, -0.2) is 25.0 Å². The van der Waals surface area contributed by atoms with E-state index in [0.29, 0.717) is 0 Å². The summed E-state index contributed by atoms with van der Waals surface area (Å²) in [6.45, 7) is 1.93. The summed E-state index contributed by atoms with van der Waals surface area (Å²) in [6.07, 6.45) is 3.67. The molecule has 7 nitrogen and oxygen atoms in total. The first-order valence-corrected chi connectivity index (χ1v) is 9.22. The van der Waals surface area contributed by atoms with Crippen molar-refractivity contribution in [2.75, 3.05) is 5.32 Å². The Bertz CT molecular complexity index is 1350. The van der Waals surface area contributed by atoms with Crippen molar-refractivity contribution < 1.29 is 0 Å². The Morgan fingerprint density at radius 2 is 1.90 bits per heavy atom. The largest absolute Gasteiger partial charge is 0.339 e. The fraction of sp³-hybridized carbons (Fsp3) is 0.0455. The summed E-state index contributed by atoms with van der Waals surface area (Å²) >= 11 is 0. The SMILES string of the molecule is Cc1cc(=O)[nH]c2ccc(Nc3cc(-c4ccc(-n5cccn5)cc4)[nH]n3)cc12. The Morgan fingerprint density at radius 1 is 1.03 bits per heavy atom. The number of benzene rings is 2. The van der Waals surface area contributed by atoms with E-state index < -0.39 is 0 Å². The van der Waals surface area contributed by atoms with Crippen molar-refractivity contribution in [3.63, 3.8) is 0 Å². The van der Waals surface area contributed by atoms with Gasteiger partial charge in [-0.15, -0.1) is 0 Å². The maximum absolute atomic E-state index is 11.6. The molecule has 0 unspecified atom stereocenters. The monoisotopic (exact) mass is 382 g/mol. The normalized spacial score (nSPS) is 11.1. The van der Waals surface area contributed by atoms with E-state index in [4.69, 9.17) is 0 Å². The lowest BCUT2D eigenvalue weighted by Gasteiger charge is -2.06. The molecule has 0 aliphatic heterocycles. The second-order valence-corrected chi connectivity index (χ2v) is 6.87. The van der Waals surface area contributed by atoms with Crippen molar-refractivity contribution in [2.45, 2.75) is 6.92 Å². The number of nitrogens with zero attached hydrogens (tertiary/aromatic N) is 3. The first-order chi connectivity index (χ1) is 14.2. The molecule has 7 heteroatoms. The molecule has 5 rings (SSSR count). The van der Waals surface area contributed by atoms with E-state index in [1.165, 1.54) is 0 Å². The average Bonchev–Trinajstić information content (AvgIpc) is 3.41. The zero-order chi connectivity index (χ0) is 19.8. The van der Waals surface area contributed by atoms with Crippen LogP contribution >= 0.6 is 0 Å². The third-order valence-corrected chi connectivity index (χ3v) is 4.85. The molecule has 5 aromatic rings. The quantitative estimate of drug-likeness (QED) is 0.435. The average molecular weight is 382 g/mol. The first-order valence-electron chi connectivity index (χ1n) is 9.22. The molecular weight excluding hydrogens is 364 g/mol. The summed E-state index contributed by atoms with van der Waals surface area (Å²) in [4.78, 5) is 14.5. The number of fused-ring (bicyclic) bond motifs is 1. The predicted octanol–water partition coefficient (Wildman–Crippen LogP) is 4.16. The molecule has 0 spiro atoms. The van der Waals surface area contributed by atoms with Crippen molar-refractivity contribution in [1.29, 1.82) is 0 Å². The van der Waals surface area contributed by atoms with E-state index in [1.807, 2.05) is 72.4 Å². The van der Waals surface area contributed by atoms with Crippen molar-refractivity contribution in [3.8, 4) is 16.9 Å². The fourth-order valence-electron chi connectivity index (χ4n) is 3.40. The number of H-pyrrole nitrogens is 2. The molecule has 0 saturated heterocycles. The highest BCUT2D eigenvalue weighted by Crippen LogP contribution is 2.25. The van der Waals surface area contributed by atoms with Crippen molar-refractivity contribution in [2.24, 2.45) is 0 Å². The summed E-state index contributed by atoms with van der Waals surface area (Å²) in [6, 6.07) is 19.4. The number of rotatable bonds is 4. The zero-order valence-corrected chi connectivity index (χ0v) is 15.7. The molecule has 0 atom stereocenters. The van der Waals surface area contributed by atoms with E-state index in [2.05, 4.69) is 25.6 Å². The lowest BCUT2D eigenvalue weighted by molar-refractivity contribution is 0.880. The molecule has 29 heavy (non-hydrogen) atoms. The molecule has 0 saturated carbocycles. The first kappa shape index (κ1) is 17.0. The van der Waals surface area contributed by atoms with Gasteiger partial charge in [-0.25, -0.2) is 4.68 Å². The van der Waals surface area contributed by atoms with Crippen molar-refractivity contribution in [3.05, 3.63) is 89.0 Å². The summed E-state index contributed by atoms with van der Waals surface area (Å²) in [5.41, 5.74) is 5.52. The van der Waals surface area contributed by atoms with E-state index in [9.17, 15) is 4.79 Å². The van der Waals surface area contributed by atoms with Gasteiger partial charge in [-0.2, -0.15) is 10.2 Å². The lowest BCUT2D eigenvalue weighted by Crippen LogP contribution is -2.04. The number of hydrogen-bond acceptors (Lipinski definition) is 4. The standard InChI is InChI=1S/C22H18N6O/c1-14-11-22(29)25-19-8-5-16(12-18(14)19)24-21-13-20(26-27-21)15-3-6-17(7-4-15)28-10-2-9-23-28/h2-13H,1H3,(H,25,29)(H2,24,26,27). The van der Waals surface area contributed by atoms with Gasteiger partial charge in [0.25, 0.3) is 0 Å². The second kappa shape index (κ2) is 6.79.